The predicted octanol–water partition coefficient (Wildman–Crippen LogP) is 3.54. The summed E-state index contributed by atoms with van der Waals surface area (Å²) in [5, 5.41) is 3.25. The fourth-order valence-electron chi connectivity index (χ4n) is 3.36. The number of nitrogens with zero attached hydrogens (tertiary/aromatic N) is 2. The zero-order chi connectivity index (χ0) is 25.5. The van der Waals surface area contributed by atoms with E-state index in [-0.39, 0.29) is 29.2 Å². The van der Waals surface area contributed by atoms with E-state index in [1.54, 1.807) is 25.1 Å². The van der Waals surface area contributed by atoms with E-state index in [0.29, 0.717) is 22.8 Å². The Morgan fingerprint density at radius 3 is 2.29 bits per heavy atom. The van der Waals surface area contributed by atoms with Crippen LogP contribution in [0.5, 0.6) is 0 Å². The van der Waals surface area contributed by atoms with Crippen molar-refractivity contribution in [3.05, 3.63) is 53.1 Å². The van der Waals surface area contributed by atoms with Gasteiger partial charge in [-0.3, -0.25) is 4.79 Å². The Morgan fingerprint density at radius 1 is 0.943 bits per heavy atom. The Bertz CT molecular complexity index is 1290. The zero-order valence-electron chi connectivity index (χ0n) is 19.7. The number of carbonyl (C=O) groups is 4. The molecule has 11 heteroatoms. The summed E-state index contributed by atoms with van der Waals surface area (Å²) in [7, 11) is 2.46. The van der Waals surface area contributed by atoms with Gasteiger partial charge in [-0.15, -0.1) is 0 Å². The SMILES string of the molecule is CCOC(=O)c1ccc2c(c1)nc(SCC(=O)Nc1cc(C(=O)OC)ccc1C(=O)OC)n2CC. The maximum atomic E-state index is 12.7. The van der Waals surface area contributed by atoms with Gasteiger partial charge in [-0.25, -0.2) is 19.4 Å². The molecule has 1 aromatic heterocycles. The highest BCUT2D eigenvalue weighted by Crippen LogP contribution is 2.26. The summed E-state index contributed by atoms with van der Waals surface area (Å²) in [6, 6.07) is 9.29. The number of hydrogen-bond donors (Lipinski definition) is 1. The number of fused-ring (bicyclic) bond motifs is 1. The molecule has 3 aromatic rings. The van der Waals surface area contributed by atoms with Gasteiger partial charge in [0.05, 0.1) is 60.0 Å². The van der Waals surface area contributed by atoms with Gasteiger partial charge < -0.3 is 24.1 Å². The highest BCUT2D eigenvalue weighted by Gasteiger charge is 2.19. The maximum absolute atomic E-state index is 12.7. The second-order valence-electron chi connectivity index (χ2n) is 7.14. The molecule has 0 aliphatic rings. The van der Waals surface area contributed by atoms with Gasteiger partial charge in [-0.2, -0.15) is 0 Å². The van der Waals surface area contributed by atoms with E-state index in [1.807, 2.05) is 11.5 Å². The molecule has 0 atom stereocenters. The number of anilines is 1. The molecule has 0 saturated heterocycles. The molecule has 0 aliphatic carbocycles. The van der Waals surface area contributed by atoms with Gasteiger partial charge in [0.25, 0.3) is 0 Å². The highest BCUT2D eigenvalue weighted by atomic mass is 32.2. The average molecular weight is 500 g/mol. The molecule has 35 heavy (non-hydrogen) atoms. The van der Waals surface area contributed by atoms with E-state index >= 15 is 0 Å². The van der Waals surface area contributed by atoms with Crippen molar-refractivity contribution in [1.29, 1.82) is 0 Å². The number of aromatic nitrogens is 2. The summed E-state index contributed by atoms with van der Waals surface area (Å²) in [5.41, 5.74) is 2.24. The van der Waals surface area contributed by atoms with Crippen LogP contribution in [0, 0.1) is 0 Å². The molecule has 0 radical (unpaired) electrons. The third kappa shape index (κ3) is 5.80. The van der Waals surface area contributed by atoms with Gasteiger partial charge in [0.15, 0.2) is 5.16 Å². The third-order valence-corrected chi connectivity index (χ3v) is 5.97. The molecule has 10 nitrogen and oxygen atoms in total. The number of rotatable bonds is 9. The Morgan fingerprint density at radius 2 is 1.63 bits per heavy atom. The van der Waals surface area contributed by atoms with Crippen LogP contribution < -0.4 is 5.32 Å². The Hall–Kier alpha value is -3.86. The first-order valence-corrected chi connectivity index (χ1v) is 11.7. The molecular formula is C24H25N3O7S. The average Bonchev–Trinajstić information content (AvgIpc) is 3.23. The second-order valence-corrected chi connectivity index (χ2v) is 8.09. The van der Waals surface area contributed by atoms with Gasteiger partial charge in [0, 0.05) is 6.54 Å². The summed E-state index contributed by atoms with van der Waals surface area (Å²) < 4.78 is 16.4. The van der Waals surface area contributed by atoms with Crippen molar-refractivity contribution < 1.29 is 33.4 Å². The van der Waals surface area contributed by atoms with Crippen LogP contribution >= 0.6 is 11.8 Å². The lowest BCUT2D eigenvalue weighted by Crippen LogP contribution is -2.18. The van der Waals surface area contributed by atoms with Crippen molar-refractivity contribution >= 4 is 52.3 Å². The standard InChI is InChI=1S/C24H25N3O7S/c1-5-27-19-10-8-15(22(30)34-6-2)12-18(19)26-24(27)35-13-20(28)25-17-11-14(21(29)32-3)7-9-16(17)23(31)33-4/h7-12H,5-6,13H2,1-4H3,(H,25,28). The number of ether oxygens (including phenoxy) is 3. The van der Waals surface area contributed by atoms with Gasteiger partial charge >= 0.3 is 17.9 Å². The number of aryl methyl sites for hydroxylation is 1. The molecule has 1 N–H and O–H groups in total. The number of hydrogen-bond acceptors (Lipinski definition) is 9. The fourth-order valence-corrected chi connectivity index (χ4v) is 4.24. The van der Waals surface area contributed by atoms with Crippen LogP contribution in [0.3, 0.4) is 0 Å². The van der Waals surface area contributed by atoms with Crippen molar-refractivity contribution in [3.8, 4) is 0 Å². The van der Waals surface area contributed by atoms with Crippen molar-refractivity contribution in [2.75, 3.05) is 31.9 Å². The number of thioether (sulfide) groups is 1. The quantitative estimate of drug-likeness (QED) is 0.267. The summed E-state index contributed by atoms with van der Waals surface area (Å²) in [6.07, 6.45) is 0. The smallest absolute Gasteiger partial charge is 0.339 e. The molecule has 0 aliphatic heterocycles. The number of imidazole rings is 1. The predicted molar refractivity (Wildman–Crippen MR) is 130 cm³/mol. The van der Waals surface area contributed by atoms with Gasteiger partial charge in [-0.1, -0.05) is 11.8 Å². The first kappa shape index (κ1) is 25.8. The Balaban J connectivity index is 1.80. The van der Waals surface area contributed by atoms with Crippen LogP contribution in [0.25, 0.3) is 11.0 Å². The van der Waals surface area contributed by atoms with E-state index in [4.69, 9.17) is 14.2 Å². The van der Waals surface area contributed by atoms with Gasteiger partial charge in [0.1, 0.15) is 0 Å². The van der Waals surface area contributed by atoms with Crippen LogP contribution in [0.1, 0.15) is 44.9 Å². The first-order chi connectivity index (χ1) is 16.8. The van der Waals surface area contributed by atoms with E-state index in [0.717, 1.165) is 5.52 Å². The normalized spacial score (nSPS) is 10.6. The molecule has 1 heterocycles. The lowest BCUT2D eigenvalue weighted by molar-refractivity contribution is -0.113. The van der Waals surface area contributed by atoms with E-state index in [2.05, 4.69) is 10.3 Å². The van der Waals surface area contributed by atoms with Crippen molar-refractivity contribution in [2.45, 2.75) is 25.5 Å². The minimum atomic E-state index is -0.658. The number of benzene rings is 2. The minimum Gasteiger partial charge on any atom is -0.465 e. The van der Waals surface area contributed by atoms with E-state index < -0.39 is 23.8 Å². The summed E-state index contributed by atoms with van der Waals surface area (Å²) in [4.78, 5) is 53.3. The van der Waals surface area contributed by atoms with E-state index in [1.165, 1.54) is 44.2 Å². The summed E-state index contributed by atoms with van der Waals surface area (Å²) in [6.45, 7) is 4.57. The Kier molecular flexibility index (Phi) is 8.48. The molecule has 0 fully saturated rings. The number of nitrogens with one attached hydrogen (secondary N) is 1. The molecular weight excluding hydrogens is 474 g/mol. The van der Waals surface area contributed by atoms with Crippen LogP contribution in [0.4, 0.5) is 5.69 Å². The van der Waals surface area contributed by atoms with Crippen molar-refractivity contribution in [2.24, 2.45) is 0 Å². The number of amides is 1. The molecule has 2 aromatic carbocycles. The zero-order valence-corrected chi connectivity index (χ0v) is 20.6. The molecule has 0 spiro atoms. The van der Waals surface area contributed by atoms with Crippen molar-refractivity contribution in [3.63, 3.8) is 0 Å². The topological polar surface area (TPSA) is 126 Å². The molecule has 184 valence electrons. The Labute approximate surface area is 205 Å². The monoisotopic (exact) mass is 499 g/mol. The van der Waals surface area contributed by atoms with Gasteiger partial charge in [0.2, 0.25) is 5.91 Å². The lowest BCUT2D eigenvalue weighted by atomic mass is 10.1. The maximum Gasteiger partial charge on any atom is 0.339 e. The summed E-state index contributed by atoms with van der Waals surface area (Å²) >= 11 is 1.20. The third-order valence-electron chi connectivity index (χ3n) is 4.99. The molecule has 0 unspecified atom stereocenters. The highest BCUT2D eigenvalue weighted by molar-refractivity contribution is 7.99. The van der Waals surface area contributed by atoms with Crippen LogP contribution in [-0.2, 0) is 25.5 Å². The van der Waals surface area contributed by atoms with E-state index in [9.17, 15) is 19.2 Å². The molecule has 3 rings (SSSR count). The number of esters is 3. The van der Waals surface area contributed by atoms with Gasteiger partial charge in [-0.05, 0) is 50.2 Å². The second kappa shape index (κ2) is 11.5. The minimum absolute atomic E-state index is 0.0167. The number of methoxy groups -OCH3 is 2. The first-order valence-electron chi connectivity index (χ1n) is 10.7. The van der Waals surface area contributed by atoms with Crippen LogP contribution in [0.15, 0.2) is 41.6 Å². The number of carbonyl (C=O) groups excluding carboxylic acids is 4. The lowest BCUT2D eigenvalue weighted by Gasteiger charge is -2.11. The largest absolute Gasteiger partial charge is 0.465 e. The fraction of sp³-hybridized carbons (Fsp3) is 0.292. The molecule has 0 saturated carbocycles. The van der Waals surface area contributed by atoms with Crippen LogP contribution in [0.2, 0.25) is 0 Å². The molecule has 1 amide bonds. The van der Waals surface area contributed by atoms with Crippen LogP contribution in [-0.4, -0.2) is 59.9 Å². The van der Waals surface area contributed by atoms with Crippen molar-refractivity contribution in [1.82, 2.24) is 9.55 Å². The molecule has 0 bridgehead atoms. The summed E-state index contributed by atoms with van der Waals surface area (Å²) in [5.74, 6) is -2.12.